The summed E-state index contributed by atoms with van der Waals surface area (Å²) in [5, 5.41) is 12.6. The Hall–Kier alpha value is -3.42. The molecular formula is C27H38N4O4. The van der Waals surface area contributed by atoms with E-state index in [0.717, 1.165) is 29.7 Å². The first-order chi connectivity index (χ1) is 16.6. The fourth-order valence-corrected chi connectivity index (χ4v) is 4.23. The van der Waals surface area contributed by atoms with Gasteiger partial charge in [-0.2, -0.15) is 0 Å². The quantitative estimate of drug-likeness (QED) is 0.435. The fourth-order valence-electron chi connectivity index (χ4n) is 4.23. The highest BCUT2D eigenvalue weighted by molar-refractivity contribution is 5.70. The monoisotopic (exact) mass is 482 g/mol. The van der Waals surface area contributed by atoms with Crippen molar-refractivity contribution in [3.05, 3.63) is 59.7 Å². The number of nitrogens with one attached hydrogen (secondary N) is 1. The standard InChI is InChI=1S/C27H38N4O4/c1-19(27(2,3)4)31(26(34)35-18-20-9-6-5-7-10-20)17-21-12-13-24(23(28)15-21)29-16-22-11-8-14-30(22)25(32)33/h5-7,9-10,12-13,15,19,22,29H,8,11,14,16-18,28H2,1-4H3,(H,32,33). The highest BCUT2D eigenvalue weighted by Gasteiger charge is 2.31. The summed E-state index contributed by atoms with van der Waals surface area (Å²) in [5.41, 5.74) is 9.33. The second-order valence-corrected chi connectivity index (χ2v) is 10.3. The van der Waals surface area contributed by atoms with E-state index in [0.29, 0.717) is 25.3 Å². The normalized spacial score (nSPS) is 16.6. The lowest BCUT2D eigenvalue weighted by atomic mass is 9.87. The van der Waals surface area contributed by atoms with Crippen LogP contribution in [0.25, 0.3) is 0 Å². The number of anilines is 2. The number of ether oxygens (including phenoxy) is 1. The van der Waals surface area contributed by atoms with Crippen LogP contribution in [0.2, 0.25) is 0 Å². The largest absolute Gasteiger partial charge is 0.465 e. The molecule has 8 heteroatoms. The number of carbonyl (C=O) groups is 2. The van der Waals surface area contributed by atoms with Crippen LogP contribution in [0.15, 0.2) is 48.5 Å². The van der Waals surface area contributed by atoms with Gasteiger partial charge in [0, 0.05) is 25.7 Å². The summed E-state index contributed by atoms with van der Waals surface area (Å²) in [6.07, 6.45) is 0.453. The Morgan fingerprint density at radius 3 is 2.54 bits per heavy atom. The van der Waals surface area contributed by atoms with Crippen molar-refractivity contribution in [2.45, 2.75) is 65.8 Å². The van der Waals surface area contributed by atoms with Crippen LogP contribution in [0.1, 0.15) is 51.7 Å². The van der Waals surface area contributed by atoms with Crippen LogP contribution < -0.4 is 11.1 Å². The van der Waals surface area contributed by atoms with Crippen LogP contribution >= 0.6 is 0 Å². The molecule has 1 aliphatic heterocycles. The molecular weight excluding hydrogens is 444 g/mol. The number of nitrogen functional groups attached to an aromatic ring is 1. The van der Waals surface area contributed by atoms with E-state index < -0.39 is 6.09 Å². The number of likely N-dealkylation sites (tertiary alicyclic amines) is 1. The second-order valence-electron chi connectivity index (χ2n) is 10.3. The van der Waals surface area contributed by atoms with E-state index in [1.54, 1.807) is 4.90 Å². The minimum atomic E-state index is -0.884. The summed E-state index contributed by atoms with van der Waals surface area (Å²) in [5.74, 6) is 0. The molecule has 1 fully saturated rings. The van der Waals surface area contributed by atoms with Gasteiger partial charge in [0.25, 0.3) is 0 Å². The zero-order valence-electron chi connectivity index (χ0n) is 21.2. The molecule has 0 radical (unpaired) electrons. The van der Waals surface area contributed by atoms with Crippen molar-refractivity contribution < 1.29 is 19.4 Å². The Bertz CT molecular complexity index is 1010. The lowest BCUT2D eigenvalue weighted by molar-refractivity contribution is 0.0540. The Morgan fingerprint density at radius 1 is 1.20 bits per heavy atom. The summed E-state index contributed by atoms with van der Waals surface area (Å²) >= 11 is 0. The molecule has 0 saturated carbocycles. The van der Waals surface area contributed by atoms with E-state index >= 15 is 0 Å². The third-order valence-electron chi connectivity index (χ3n) is 6.78. The first-order valence-electron chi connectivity index (χ1n) is 12.2. The van der Waals surface area contributed by atoms with Crippen molar-refractivity contribution in [1.82, 2.24) is 9.80 Å². The Labute approximate surface area is 208 Å². The summed E-state index contributed by atoms with van der Waals surface area (Å²) in [6.45, 7) is 9.98. The number of rotatable bonds is 8. The summed E-state index contributed by atoms with van der Waals surface area (Å²) in [6, 6.07) is 15.2. The maximum absolute atomic E-state index is 13.1. The third-order valence-corrected chi connectivity index (χ3v) is 6.78. The molecule has 1 heterocycles. The molecule has 0 aliphatic carbocycles. The Balaban J connectivity index is 1.68. The molecule has 190 valence electrons. The van der Waals surface area contributed by atoms with Gasteiger partial charge in [0.05, 0.1) is 17.4 Å². The minimum absolute atomic E-state index is 0.0610. The van der Waals surface area contributed by atoms with Crippen molar-refractivity contribution >= 4 is 23.6 Å². The van der Waals surface area contributed by atoms with E-state index in [4.69, 9.17) is 10.5 Å². The topological polar surface area (TPSA) is 108 Å². The molecule has 2 atom stereocenters. The van der Waals surface area contributed by atoms with E-state index in [1.165, 1.54) is 4.90 Å². The van der Waals surface area contributed by atoms with Crippen LogP contribution in [0, 0.1) is 5.41 Å². The Morgan fingerprint density at radius 2 is 1.91 bits per heavy atom. The third kappa shape index (κ3) is 7.04. The van der Waals surface area contributed by atoms with Crippen LogP contribution in [-0.2, 0) is 17.9 Å². The average molecular weight is 483 g/mol. The van der Waals surface area contributed by atoms with E-state index in [1.807, 2.05) is 55.5 Å². The molecule has 3 rings (SSSR count). The molecule has 8 nitrogen and oxygen atoms in total. The van der Waals surface area contributed by atoms with Gasteiger partial charge in [0.1, 0.15) is 6.61 Å². The van der Waals surface area contributed by atoms with Crippen molar-refractivity contribution in [2.24, 2.45) is 5.41 Å². The van der Waals surface area contributed by atoms with Gasteiger partial charge in [0.2, 0.25) is 0 Å². The van der Waals surface area contributed by atoms with Crippen molar-refractivity contribution in [1.29, 1.82) is 0 Å². The first-order valence-corrected chi connectivity index (χ1v) is 12.2. The maximum Gasteiger partial charge on any atom is 0.410 e. The molecule has 35 heavy (non-hydrogen) atoms. The average Bonchev–Trinajstić information content (AvgIpc) is 3.29. The van der Waals surface area contributed by atoms with Gasteiger partial charge in [0.15, 0.2) is 0 Å². The van der Waals surface area contributed by atoms with Crippen molar-refractivity contribution in [3.8, 4) is 0 Å². The highest BCUT2D eigenvalue weighted by Crippen LogP contribution is 2.28. The number of carboxylic acid groups (broad SMARTS) is 1. The molecule has 0 bridgehead atoms. The molecule has 2 amide bonds. The molecule has 0 spiro atoms. The van der Waals surface area contributed by atoms with Gasteiger partial charge in [-0.3, -0.25) is 0 Å². The lowest BCUT2D eigenvalue weighted by Gasteiger charge is -2.37. The van der Waals surface area contributed by atoms with Gasteiger partial charge in [-0.25, -0.2) is 9.59 Å². The van der Waals surface area contributed by atoms with E-state index in [-0.39, 0.29) is 30.2 Å². The Kier molecular flexibility index (Phi) is 8.48. The van der Waals surface area contributed by atoms with Crippen molar-refractivity contribution in [3.63, 3.8) is 0 Å². The van der Waals surface area contributed by atoms with Gasteiger partial charge >= 0.3 is 12.2 Å². The molecule has 2 unspecified atom stereocenters. The van der Waals surface area contributed by atoms with E-state index in [9.17, 15) is 14.7 Å². The maximum atomic E-state index is 13.1. The molecule has 1 aliphatic rings. The van der Waals surface area contributed by atoms with Gasteiger partial charge in [-0.1, -0.05) is 57.2 Å². The fraction of sp³-hybridized carbons (Fsp3) is 0.481. The van der Waals surface area contributed by atoms with Crippen LogP contribution in [0.5, 0.6) is 0 Å². The lowest BCUT2D eigenvalue weighted by Crippen LogP contribution is -2.45. The molecule has 0 aromatic heterocycles. The van der Waals surface area contributed by atoms with Gasteiger partial charge < -0.3 is 30.7 Å². The van der Waals surface area contributed by atoms with Crippen molar-refractivity contribution in [2.75, 3.05) is 24.1 Å². The summed E-state index contributed by atoms with van der Waals surface area (Å²) in [4.78, 5) is 27.7. The number of hydrogen-bond acceptors (Lipinski definition) is 5. The number of carbonyl (C=O) groups excluding carboxylic acids is 1. The van der Waals surface area contributed by atoms with Crippen LogP contribution in [0.3, 0.4) is 0 Å². The highest BCUT2D eigenvalue weighted by atomic mass is 16.6. The predicted octanol–water partition coefficient (Wildman–Crippen LogP) is 5.40. The van der Waals surface area contributed by atoms with Crippen LogP contribution in [0.4, 0.5) is 21.0 Å². The molecule has 2 aromatic carbocycles. The molecule has 2 aromatic rings. The smallest absolute Gasteiger partial charge is 0.410 e. The zero-order chi connectivity index (χ0) is 25.6. The van der Waals surface area contributed by atoms with Gasteiger partial charge in [-0.05, 0) is 48.4 Å². The van der Waals surface area contributed by atoms with E-state index in [2.05, 4.69) is 26.1 Å². The minimum Gasteiger partial charge on any atom is -0.465 e. The molecule has 1 saturated heterocycles. The number of amides is 2. The predicted molar refractivity (Wildman–Crippen MR) is 138 cm³/mol. The summed E-state index contributed by atoms with van der Waals surface area (Å²) in [7, 11) is 0. The molecule has 4 N–H and O–H groups in total. The van der Waals surface area contributed by atoms with Crippen LogP contribution in [-0.4, -0.2) is 52.3 Å². The van der Waals surface area contributed by atoms with Gasteiger partial charge in [-0.15, -0.1) is 0 Å². The number of benzene rings is 2. The number of nitrogens with two attached hydrogens (primary N) is 1. The SMILES string of the molecule is CC(N(Cc1ccc(NCC2CCCN2C(=O)O)c(N)c1)C(=O)OCc1ccccc1)C(C)(C)C. The summed E-state index contributed by atoms with van der Waals surface area (Å²) < 4.78 is 5.65. The number of hydrogen-bond donors (Lipinski definition) is 3. The number of nitrogens with zero attached hydrogens (tertiary/aromatic N) is 2. The zero-order valence-corrected chi connectivity index (χ0v) is 21.2. The second kappa shape index (κ2) is 11.3. The first kappa shape index (κ1) is 26.2.